The highest BCUT2D eigenvalue weighted by Gasteiger charge is 2.35. The number of nitrogens with zero attached hydrogens (tertiary/aromatic N) is 3. The van der Waals surface area contributed by atoms with Crippen molar-refractivity contribution in [3.8, 4) is 11.5 Å². The number of fused-ring (bicyclic) bond motifs is 2. The lowest BCUT2D eigenvalue weighted by Gasteiger charge is -2.40. The summed E-state index contributed by atoms with van der Waals surface area (Å²) in [6.45, 7) is 10.7. The number of aromatic hydroxyl groups is 1. The van der Waals surface area contributed by atoms with E-state index in [1.807, 2.05) is 50.2 Å². The smallest absolute Gasteiger partial charge is 0.252 e. The highest BCUT2D eigenvalue weighted by atomic mass is 19.1. The number of ether oxygens (including phenoxy) is 1. The lowest BCUT2D eigenvalue weighted by Crippen LogP contribution is -2.49. The van der Waals surface area contributed by atoms with Crippen molar-refractivity contribution in [3.63, 3.8) is 0 Å². The molecule has 3 saturated heterocycles. The predicted molar refractivity (Wildman–Crippen MR) is 221 cm³/mol. The number of hydrogen-bond acceptors (Lipinski definition) is 8. The van der Waals surface area contributed by atoms with E-state index in [-0.39, 0.29) is 46.9 Å². The molecule has 5 aliphatic rings. The number of phenols is 1. The van der Waals surface area contributed by atoms with Crippen molar-refractivity contribution in [1.29, 1.82) is 0 Å². The molecule has 4 aromatic carbocycles. The van der Waals surface area contributed by atoms with Crippen molar-refractivity contribution < 1.29 is 33.0 Å². The molecule has 10 nitrogen and oxygen atoms in total. The van der Waals surface area contributed by atoms with Crippen LogP contribution < -0.4 is 25.2 Å². The summed E-state index contributed by atoms with van der Waals surface area (Å²) in [5, 5.41) is 15.1. The van der Waals surface area contributed by atoms with Crippen LogP contribution in [0.15, 0.2) is 78.9 Å². The molecule has 12 heteroatoms. The van der Waals surface area contributed by atoms with Gasteiger partial charge in [-0.25, -0.2) is 8.78 Å². The van der Waals surface area contributed by atoms with Gasteiger partial charge in [-0.2, -0.15) is 0 Å². The summed E-state index contributed by atoms with van der Waals surface area (Å²) in [5.74, 6) is 0.222. The maximum Gasteiger partial charge on any atom is 0.252 e. The van der Waals surface area contributed by atoms with Crippen LogP contribution >= 0.6 is 0 Å². The van der Waals surface area contributed by atoms with Crippen molar-refractivity contribution in [2.75, 3.05) is 62.2 Å². The minimum Gasteiger partial charge on any atom is -0.508 e. The maximum atomic E-state index is 16.0. The summed E-state index contributed by atoms with van der Waals surface area (Å²) < 4.78 is 36.9. The highest BCUT2D eigenvalue weighted by molar-refractivity contribution is 5.99. The lowest BCUT2D eigenvalue weighted by molar-refractivity contribution is -0.132. The average Bonchev–Trinajstić information content (AvgIpc) is 3.60. The highest BCUT2D eigenvalue weighted by Crippen LogP contribution is 2.47. The van der Waals surface area contributed by atoms with Crippen LogP contribution in [-0.2, 0) is 16.1 Å². The zero-order valence-corrected chi connectivity index (χ0v) is 33.3. The van der Waals surface area contributed by atoms with Crippen molar-refractivity contribution in [3.05, 3.63) is 118 Å². The zero-order valence-electron chi connectivity index (χ0n) is 33.3. The normalized spacial score (nSPS) is 20.7. The molecule has 5 aliphatic heterocycles. The summed E-state index contributed by atoms with van der Waals surface area (Å²) in [6.07, 6.45) is 3.71. The van der Waals surface area contributed by atoms with Crippen LogP contribution in [-0.4, -0.2) is 80.1 Å². The number of piperazine rings is 1. The fourth-order valence-electron chi connectivity index (χ4n) is 8.83. The lowest BCUT2D eigenvalue weighted by atomic mass is 9.76. The Labute approximate surface area is 339 Å². The molecule has 0 radical (unpaired) electrons. The van der Waals surface area contributed by atoms with E-state index in [1.54, 1.807) is 18.2 Å². The summed E-state index contributed by atoms with van der Waals surface area (Å²) in [5.41, 5.74) is 5.53. The largest absolute Gasteiger partial charge is 0.508 e. The molecule has 3 N–H and O–H groups in total. The fourth-order valence-corrected chi connectivity index (χ4v) is 8.83. The number of imide groups is 1. The van der Waals surface area contributed by atoms with E-state index in [2.05, 4.69) is 43.5 Å². The van der Waals surface area contributed by atoms with Crippen LogP contribution in [0, 0.1) is 17.6 Å². The van der Waals surface area contributed by atoms with Gasteiger partial charge >= 0.3 is 0 Å². The third kappa shape index (κ3) is 9.12. The number of benzene rings is 4. The Bertz CT molecular complexity index is 2090. The van der Waals surface area contributed by atoms with E-state index in [9.17, 15) is 23.9 Å². The van der Waals surface area contributed by atoms with Crippen LogP contribution in [0.4, 0.5) is 20.2 Å². The minimum atomic E-state index is -0.333. The van der Waals surface area contributed by atoms with Gasteiger partial charge in [0.05, 0.1) is 18.0 Å². The number of halogens is 2. The standard InChI is InChI=1S/C39H40F2N4O3.C5H7NO2.C2H6/c40-33-18-27(38-30-8-7-29(46)20-37(30)48-24-32(38)26-4-2-1-3-5-26)6-9-35(33)44-12-10-25(11-13-44)23-43-14-16-45(17-15-43)36-19-28-22-42-39(47)31(28)21-34(36)41;7-4-2-1-3-5(8)6-4;1-2/h1-9,18-21,25,32,38,46H,10-17,22-24H2,(H,42,47);1-3H2,(H,6,7,8);1-2H3. The summed E-state index contributed by atoms with van der Waals surface area (Å²) >= 11 is 0. The number of rotatable bonds is 6. The van der Waals surface area contributed by atoms with Gasteiger partial charge in [-0.3, -0.25) is 24.6 Å². The van der Waals surface area contributed by atoms with Crippen molar-refractivity contribution in [1.82, 2.24) is 15.5 Å². The topological polar surface area (TPSA) is 114 Å². The summed E-state index contributed by atoms with van der Waals surface area (Å²) in [6, 6.07) is 24.3. The van der Waals surface area contributed by atoms with E-state index < -0.39 is 0 Å². The van der Waals surface area contributed by atoms with Crippen molar-refractivity contribution in [2.24, 2.45) is 5.92 Å². The second kappa shape index (κ2) is 18.4. The maximum absolute atomic E-state index is 16.0. The Kier molecular flexibility index (Phi) is 12.9. The quantitative estimate of drug-likeness (QED) is 0.177. The number of piperidine rings is 2. The first kappa shape index (κ1) is 40.7. The molecule has 0 spiro atoms. The van der Waals surface area contributed by atoms with E-state index in [0.717, 1.165) is 80.9 Å². The van der Waals surface area contributed by atoms with Gasteiger partial charge in [0.1, 0.15) is 23.1 Å². The molecule has 5 heterocycles. The fraction of sp³-hybridized carbons (Fsp3) is 0.413. The first-order valence-corrected chi connectivity index (χ1v) is 20.7. The Hall–Kier alpha value is -5.49. The van der Waals surface area contributed by atoms with Crippen LogP contribution in [0.3, 0.4) is 0 Å². The van der Waals surface area contributed by atoms with Crippen molar-refractivity contribution in [2.45, 2.75) is 64.3 Å². The number of carbonyl (C=O) groups is 3. The Balaban J connectivity index is 0.000000454. The van der Waals surface area contributed by atoms with Gasteiger partial charge in [-0.15, -0.1) is 0 Å². The molecule has 4 aromatic rings. The number of anilines is 2. The van der Waals surface area contributed by atoms with Gasteiger partial charge in [0.2, 0.25) is 11.8 Å². The molecular weight excluding hydrogens is 741 g/mol. The van der Waals surface area contributed by atoms with E-state index >= 15 is 4.39 Å². The zero-order chi connectivity index (χ0) is 40.8. The van der Waals surface area contributed by atoms with Gasteiger partial charge in [-0.1, -0.05) is 56.3 Å². The summed E-state index contributed by atoms with van der Waals surface area (Å²) in [4.78, 5) is 39.3. The molecule has 0 bridgehead atoms. The third-order valence-corrected chi connectivity index (χ3v) is 11.8. The first-order chi connectivity index (χ1) is 28.2. The SMILES string of the molecule is CC.O=C1CCCC(=O)N1.O=C1NCc2cc(N3CCN(CC4CCN(c5ccc(C6c7ccc(O)cc7OCC6c6ccccc6)cc5F)CC4)CC3)c(F)cc21. The molecule has 306 valence electrons. The molecule has 0 aliphatic carbocycles. The molecular formula is C46H53F2N5O5. The Morgan fingerprint density at radius 3 is 2.12 bits per heavy atom. The van der Waals surface area contributed by atoms with Gasteiger partial charge in [-0.05, 0) is 72.2 Å². The number of nitrogens with one attached hydrogen (secondary N) is 2. The molecule has 2 unspecified atom stereocenters. The number of carbonyl (C=O) groups excluding carboxylic acids is 3. The van der Waals surface area contributed by atoms with Gasteiger partial charge in [0.25, 0.3) is 5.91 Å². The van der Waals surface area contributed by atoms with Gasteiger partial charge in [0.15, 0.2) is 0 Å². The minimum absolute atomic E-state index is 0.0153. The van der Waals surface area contributed by atoms with Crippen LogP contribution in [0.2, 0.25) is 0 Å². The number of phenolic OH excluding ortho intramolecular Hbond substituents is 1. The molecule has 58 heavy (non-hydrogen) atoms. The van der Waals surface area contributed by atoms with Gasteiger partial charge in [0, 0.05) is 94.2 Å². The van der Waals surface area contributed by atoms with Crippen LogP contribution in [0.1, 0.15) is 90.4 Å². The number of amides is 3. The van der Waals surface area contributed by atoms with E-state index in [4.69, 9.17) is 4.74 Å². The molecule has 9 rings (SSSR count). The van der Waals surface area contributed by atoms with Gasteiger partial charge < -0.3 is 25.0 Å². The predicted octanol–water partition coefficient (Wildman–Crippen LogP) is 7.10. The molecule has 3 fully saturated rings. The monoisotopic (exact) mass is 793 g/mol. The van der Waals surface area contributed by atoms with Crippen LogP contribution in [0.5, 0.6) is 11.5 Å². The Morgan fingerprint density at radius 1 is 0.759 bits per heavy atom. The second-order valence-corrected chi connectivity index (χ2v) is 15.4. The summed E-state index contributed by atoms with van der Waals surface area (Å²) in [7, 11) is 0. The average molecular weight is 794 g/mol. The molecule has 0 aromatic heterocycles. The van der Waals surface area contributed by atoms with Crippen LogP contribution in [0.25, 0.3) is 0 Å². The number of hydrogen-bond donors (Lipinski definition) is 3. The van der Waals surface area contributed by atoms with Crippen molar-refractivity contribution >= 4 is 29.1 Å². The molecule has 3 amide bonds. The second-order valence-electron chi connectivity index (χ2n) is 15.4. The Morgan fingerprint density at radius 2 is 1.45 bits per heavy atom. The third-order valence-electron chi connectivity index (χ3n) is 11.8. The molecule has 2 atom stereocenters. The first-order valence-electron chi connectivity index (χ1n) is 20.7. The van der Waals surface area contributed by atoms with E-state index in [1.165, 1.54) is 6.07 Å². The van der Waals surface area contributed by atoms with E-state index in [0.29, 0.717) is 61.0 Å². The molecule has 0 saturated carbocycles.